The van der Waals surface area contributed by atoms with Gasteiger partial charge in [0.15, 0.2) is 0 Å². The molecule has 2 aromatic rings. The molecule has 6 nitrogen and oxygen atoms in total. The zero-order valence-corrected chi connectivity index (χ0v) is 17.6. The number of carbonyl (C=O) groups is 2. The Kier molecular flexibility index (Phi) is 8.50. The first-order valence-corrected chi connectivity index (χ1v) is 9.54. The highest BCUT2D eigenvalue weighted by atomic mass is 79.9. The predicted octanol–water partition coefficient (Wildman–Crippen LogP) is 4.20. The maximum Gasteiger partial charge on any atom is 0.259 e. The van der Waals surface area contributed by atoms with Crippen LogP contribution in [-0.2, 0) is 4.79 Å². The van der Waals surface area contributed by atoms with E-state index in [2.05, 4.69) is 38.4 Å². The second kappa shape index (κ2) is 10.8. The maximum atomic E-state index is 12.0. The Bertz CT molecular complexity index is 919. The van der Waals surface area contributed by atoms with Crippen molar-refractivity contribution in [3.8, 4) is 5.75 Å². The normalized spacial score (nSPS) is 10.5. The summed E-state index contributed by atoms with van der Waals surface area (Å²) >= 11 is 15.1. The van der Waals surface area contributed by atoms with E-state index in [0.717, 1.165) is 4.47 Å². The van der Waals surface area contributed by atoms with Crippen molar-refractivity contribution in [2.75, 3.05) is 13.2 Å². The number of rotatable bonds is 8. The molecule has 0 bridgehead atoms. The molecule has 0 aromatic heterocycles. The molecule has 0 aliphatic heterocycles. The summed E-state index contributed by atoms with van der Waals surface area (Å²) in [7, 11) is 0. The highest BCUT2D eigenvalue weighted by Crippen LogP contribution is 2.23. The fourth-order valence-corrected chi connectivity index (χ4v) is 2.69. The number of amides is 2. The van der Waals surface area contributed by atoms with Gasteiger partial charge in [0.25, 0.3) is 11.8 Å². The van der Waals surface area contributed by atoms with Gasteiger partial charge in [-0.05, 0) is 36.4 Å². The van der Waals surface area contributed by atoms with Gasteiger partial charge in [-0.15, -0.1) is 0 Å². The third-order valence-corrected chi connectivity index (χ3v) is 4.54. The summed E-state index contributed by atoms with van der Waals surface area (Å²) in [6, 6.07) is 9.83. The molecular formula is C19H16BrCl2N3O3. The van der Waals surface area contributed by atoms with Crippen molar-refractivity contribution in [3.63, 3.8) is 0 Å². The van der Waals surface area contributed by atoms with Crippen LogP contribution in [0.2, 0.25) is 10.0 Å². The Labute approximate surface area is 180 Å². The Hall–Kier alpha value is -2.35. The van der Waals surface area contributed by atoms with Gasteiger partial charge in [0.1, 0.15) is 12.4 Å². The largest absolute Gasteiger partial charge is 0.489 e. The van der Waals surface area contributed by atoms with Gasteiger partial charge in [-0.3, -0.25) is 9.59 Å². The first kappa shape index (κ1) is 21.9. The summed E-state index contributed by atoms with van der Waals surface area (Å²) in [4.78, 5) is 23.9. The minimum atomic E-state index is -0.492. The van der Waals surface area contributed by atoms with Gasteiger partial charge in [0, 0.05) is 15.6 Å². The van der Waals surface area contributed by atoms with Crippen molar-refractivity contribution >= 4 is 57.2 Å². The van der Waals surface area contributed by atoms with Crippen molar-refractivity contribution < 1.29 is 14.3 Å². The average Bonchev–Trinajstić information content (AvgIpc) is 2.67. The lowest BCUT2D eigenvalue weighted by atomic mass is 10.2. The molecule has 28 heavy (non-hydrogen) atoms. The number of nitrogens with zero attached hydrogens (tertiary/aromatic N) is 1. The maximum absolute atomic E-state index is 12.0. The number of carbonyl (C=O) groups excluding carboxylic acids is 2. The Morgan fingerprint density at radius 1 is 1.18 bits per heavy atom. The molecule has 0 spiro atoms. The van der Waals surface area contributed by atoms with E-state index >= 15 is 0 Å². The Morgan fingerprint density at radius 3 is 2.68 bits per heavy atom. The molecule has 2 aromatic carbocycles. The van der Waals surface area contributed by atoms with Gasteiger partial charge >= 0.3 is 0 Å². The van der Waals surface area contributed by atoms with Crippen LogP contribution in [0, 0.1) is 0 Å². The predicted molar refractivity (Wildman–Crippen MR) is 114 cm³/mol. The van der Waals surface area contributed by atoms with Crippen molar-refractivity contribution in [2.45, 2.75) is 0 Å². The van der Waals surface area contributed by atoms with Gasteiger partial charge in [-0.25, -0.2) is 5.43 Å². The van der Waals surface area contributed by atoms with E-state index in [4.69, 9.17) is 27.9 Å². The number of ether oxygens (including phenoxy) is 1. The van der Waals surface area contributed by atoms with Gasteiger partial charge in [0.05, 0.1) is 22.8 Å². The molecule has 146 valence electrons. The fraction of sp³-hybridized carbons (Fsp3) is 0.105. The lowest BCUT2D eigenvalue weighted by Gasteiger charge is -2.07. The van der Waals surface area contributed by atoms with Crippen molar-refractivity contribution in [3.05, 3.63) is 74.7 Å². The summed E-state index contributed by atoms with van der Waals surface area (Å²) in [6.07, 6.45) is 3.07. The highest BCUT2D eigenvalue weighted by molar-refractivity contribution is 9.10. The third kappa shape index (κ3) is 6.67. The highest BCUT2D eigenvalue weighted by Gasteiger charge is 2.09. The molecule has 0 atom stereocenters. The van der Waals surface area contributed by atoms with E-state index in [1.807, 2.05) is 6.07 Å². The number of nitrogens with one attached hydrogen (secondary N) is 2. The monoisotopic (exact) mass is 483 g/mol. The van der Waals surface area contributed by atoms with Crippen molar-refractivity contribution in [2.24, 2.45) is 5.10 Å². The Morgan fingerprint density at radius 2 is 1.96 bits per heavy atom. The average molecular weight is 485 g/mol. The minimum Gasteiger partial charge on any atom is -0.489 e. The van der Waals surface area contributed by atoms with Crippen LogP contribution in [0.5, 0.6) is 5.75 Å². The standard InChI is InChI=1S/C19H16BrCl2N3O3/c1-2-7-28-17-6-4-14(20)8-13(17)10-24-25-18(26)11-23-19(27)12-3-5-15(21)16(22)9-12/h2-6,8-10H,1,7,11H2,(H,23,27)(H,25,26). The van der Waals surface area contributed by atoms with E-state index < -0.39 is 11.8 Å². The van der Waals surface area contributed by atoms with E-state index in [9.17, 15) is 9.59 Å². The molecular weight excluding hydrogens is 469 g/mol. The molecule has 0 fully saturated rings. The SMILES string of the molecule is C=CCOc1ccc(Br)cc1C=NNC(=O)CNC(=O)c1ccc(Cl)c(Cl)c1. The molecule has 0 saturated heterocycles. The molecule has 2 amide bonds. The molecule has 0 unspecified atom stereocenters. The topological polar surface area (TPSA) is 79.8 Å². The first-order valence-electron chi connectivity index (χ1n) is 7.99. The number of hydrazone groups is 1. The van der Waals surface area contributed by atoms with Crippen LogP contribution in [0.25, 0.3) is 0 Å². The van der Waals surface area contributed by atoms with E-state index in [1.165, 1.54) is 24.4 Å². The smallest absolute Gasteiger partial charge is 0.259 e. The lowest BCUT2D eigenvalue weighted by molar-refractivity contribution is -0.120. The van der Waals surface area contributed by atoms with E-state index in [-0.39, 0.29) is 11.6 Å². The molecule has 2 rings (SSSR count). The van der Waals surface area contributed by atoms with Crippen LogP contribution in [0.15, 0.2) is 58.6 Å². The summed E-state index contributed by atoms with van der Waals surface area (Å²) < 4.78 is 6.36. The minimum absolute atomic E-state index is 0.255. The number of hydrogen-bond donors (Lipinski definition) is 2. The van der Waals surface area contributed by atoms with Gasteiger partial charge < -0.3 is 10.1 Å². The van der Waals surface area contributed by atoms with Crippen LogP contribution in [0.3, 0.4) is 0 Å². The zero-order chi connectivity index (χ0) is 20.5. The summed E-state index contributed by atoms with van der Waals surface area (Å²) in [6.45, 7) is 3.69. The molecule has 0 saturated carbocycles. The van der Waals surface area contributed by atoms with E-state index in [0.29, 0.717) is 28.5 Å². The van der Waals surface area contributed by atoms with Gasteiger partial charge in [-0.2, -0.15) is 5.10 Å². The lowest BCUT2D eigenvalue weighted by Crippen LogP contribution is -2.34. The van der Waals surface area contributed by atoms with Crippen LogP contribution in [-0.4, -0.2) is 31.2 Å². The zero-order valence-electron chi connectivity index (χ0n) is 14.5. The molecule has 0 heterocycles. The van der Waals surface area contributed by atoms with Crippen LogP contribution in [0.4, 0.5) is 0 Å². The third-order valence-electron chi connectivity index (χ3n) is 3.31. The van der Waals surface area contributed by atoms with Crippen molar-refractivity contribution in [1.29, 1.82) is 0 Å². The summed E-state index contributed by atoms with van der Waals surface area (Å²) in [5, 5.41) is 6.96. The molecule has 9 heteroatoms. The second-order valence-corrected chi connectivity index (χ2v) is 7.12. The summed E-state index contributed by atoms with van der Waals surface area (Å²) in [5.74, 6) is -0.355. The number of hydrogen-bond acceptors (Lipinski definition) is 4. The van der Waals surface area contributed by atoms with Crippen LogP contribution in [0.1, 0.15) is 15.9 Å². The number of halogens is 3. The molecule has 0 radical (unpaired) electrons. The van der Waals surface area contributed by atoms with Crippen molar-refractivity contribution in [1.82, 2.24) is 10.7 Å². The summed E-state index contributed by atoms with van der Waals surface area (Å²) in [5.41, 5.74) is 3.30. The molecule has 2 N–H and O–H groups in total. The quantitative estimate of drug-likeness (QED) is 0.334. The second-order valence-electron chi connectivity index (χ2n) is 5.39. The first-order chi connectivity index (χ1) is 13.4. The van der Waals surface area contributed by atoms with E-state index in [1.54, 1.807) is 18.2 Å². The molecule has 0 aliphatic carbocycles. The Balaban J connectivity index is 1.90. The molecule has 0 aliphatic rings. The van der Waals surface area contributed by atoms with Gasteiger partial charge in [0.2, 0.25) is 0 Å². The van der Waals surface area contributed by atoms with Crippen LogP contribution >= 0.6 is 39.1 Å². The number of benzene rings is 2. The fourth-order valence-electron chi connectivity index (χ4n) is 2.01. The van der Waals surface area contributed by atoms with Gasteiger partial charge in [-0.1, -0.05) is 51.8 Å². The van der Waals surface area contributed by atoms with Crippen LogP contribution < -0.4 is 15.5 Å².